The maximum absolute atomic E-state index is 13.2. The molecule has 0 aliphatic carbocycles. The number of benzene rings is 2. The van der Waals surface area contributed by atoms with Gasteiger partial charge in [0.2, 0.25) is 26.0 Å². The van der Waals surface area contributed by atoms with E-state index in [-0.39, 0.29) is 34.7 Å². The maximum Gasteiger partial charge on any atom is 0.246 e. The van der Waals surface area contributed by atoms with Gasteiger partial charge in [0.05, 0.1) is 12.0 Å². The number of ether oxygens (including phenoxy) is 1. The Morgan fingerprint density at radius 2 is 1.46 bits per heavy atom. The minimum atomic E-state index is -3.75. The molecule has 202 valence electrons. The largest absolute Gasteiger partial charge is 0.495 e. The number of hydrogen-bond donors (Lipinski definition) is 1. The van der Waals surface area contributed by atoms with Crippen LogP contribution in [0.5, 0.6) is 5.75 Å². The fourth-order valence-corrected chi connectivity index (χ4v) is 7.75. The number of rotatable bonds is 7. The van der Waals surface area contributed by atoms with E-state index in [0.717, 1.165) is 5.56 Å². The van der Waals surface area contributed by atoms with E-state index >= 15 is 0 Å². The predicted octanol–water partition coefficient (Wildman–Crippen LogP) is 1.98. The van der Waals surface area contributed by atoms with Crippen LogP contribution in [0.15, 0.2) is 52.3 Å². The fraction of sp³-hybridized carbons (Fsp3) is 0.480. The summed E-state index contributed by atoms with van der Waals surface area (Å²) in [4.78, 5) is 15.3. The molecule has 0 radical (unpaired) electrons. The molecule has 2 aromatic carbocycles. The number of anilines is 1. The molecule has 2 aromatic rings. The summed E-state index contributed by atoms with van der Waals surface area (Å²) in [5, 5.41) is 2.84. The number of sulfonamides is 2. The molecule has 12 heteroatoms. The van der Waals surface area contributed by atoms with E-state index in [1.807, 2.05) is 14.0 Å². The molecule has 0 bridgehead atoms. The van der Waals surface area contributed by atoms with Gasteiger partial charge in [-0.1, -0.05) is 6.07 Å². The smallest absolute Gasteiger partial charge is 0.246 e. The molecule has 0 aromatic heterocycles. The summed E-state index contributed by atoms with van der Waals surface area (Å²) < 4.78 is 60.4. The maximum atomic E-state index is 13.2. The van der Waals surface area contributed by atoms with Crippen LogP contribution in [0.25, 0.3) is 0 Å². The molecule has 2 aliphatic rings. The average molecular weight is 551 g/mol. The lowest BCUT2D eigenvalue weighted by atomic mass is 9.97. The van der Waals surface area contributed by atoms with Crippen LogP contribution in [0, 0.1) is 12.8 Å². The fourth-order valence-electron chi connectivity index (χ4n) is 4.62. The number of piperidine rings is 1. The van der Waals surface area contributed by atoms with Gasteiger partial charge in [0.25, 0.3) is 0 Å². The van der Waals surface area contributed by atoms with Crippen molar-refractivity contribution in [2.75, 3.05) is 58.7 Å². The van der Waals surface area contributed by atoms with Gasteiger partial charge in [0.1, 0.15) is 10.6 Å². The van der Waals surface area contributed by atoms with Crippen LogP contribution in [-0.2, 0) is 24.8 Å². The van der Waals surface area contributed by atoms with Crippen LogP contribution in [-0.4, -0.2) is 89.7 Å². The normalized spacial score (nSPS) is 19.0. The Bertz CT molecular complexity index is 1330. The van der Waals surface area contributed by atoms with Crippen molar-refractivity contribution in [3.05, 3.63) is 48.0 Å². The zero-order valence-electron chi connectivity index (χ0n) is 21.4. The van der Waals surface area contributed by atoms with Crippen molar-refractivity contribution in [3.63, 3.8) is 0 Å². The van der Waals surface area contributed by atoms with Crippen molar-refractivity contribution in [2.24, 2.45) is 5.92 Å². The highest BCUT2D eigenvalue weighted by molar-refractivity contribution is 7.89. The highest BCUT2D eigenvalue weighted by atomic mass is 32.2. The van der Waals surface area contributed by atoms with Crippen molar-refractivity contribution in [3.8, 4) is 5.75 Å². The van der Waals surface area contributed by atoms with Gasteiger partial charge in [-0.2, -0.15) is 8.61 Å². The molecule has 0 unspecified atom stereocenters. The van der Waals surface area contributed by atoms with Crippen molar-refractivity contribution in [2.45, 2.75) is 29.6 Å². The number of amides is 1. The van der Waals surface area contributed by atoms with Crippen molar-refractivity contribution >= 4 is 31.6 Å². The first kappa shape index (κ1) is 27.5. The minimum Gasteiger partial charge on any atom is -0.495 e. The van der Waals surface area contributed by atoms with E-state index in [4.69, 9.17) is 4.74 Å². The molecule has 37 heavy (non-hydrogen) atoms. The number of nitrogens with zero attached hydrogens (tertiary/aromatic N) is 3. The number of carbonyl (C=O) groups excluding carboxylic acids is 1. The average Bonchev–Trinajstić information content (AvgIpc) is 2.89. The monoisotopic (exact) mass is 550 g/mol. The third-order valence-corrected chi connectivity index (χ3v) is 10.8. The second-order valence-corrected chi connectivity index (χ2v) is 13.4. The molecule has 0 atom stereocenters. The molecular formula is C25H34N4O6S2. The van der Waals surface area contributed by atoms with Crippen molar-refractivity contribution < 1.29 is 26.4 Å². The highest BCUT2D eigenvalue weighted by Gasteiger charge is 2.34. The standard InChI is InChI=1S/C25H34N4O6S2/c1-19-4-9-23(35-3)24(18-19)37(33,34)28-12-10-20(11-13-28)25(30)26-21-5-7-22(8-6-21)36(31,32)29-16-14-27(2)15-17-29/h4-9,18,20H,10-17H2,1-3H3,(H,26,30). The Labute approximate surface area is 219 Å². The van der Waals surface area contributed by atoms with Crippen molar-refractivity contribution in [1.82, 2.24) is 13.5 Å². The van der Waals surface area contributed by atoms with E-state index in [2.05, 4.69) is 10.2 Å². The Morgan fingerprint density at radius 1 is 0.865 bits per heavy atom. The van der Waals surface area contributed by atoms with E-state index in [9.17, 15) is 21.6 Å². The van der Waals surface area contributed by atoms with Crippen LogP contribution in [0.4, 0.5) is 5.69 Å². The molecule has 1 N–H and O–H groups in total. The van der Waals surface area contributed by atoms with E-state index in [1.165, 1.54) is 27.9 Å². The number of methoxy groups -OCH3 is 1. The lowest BCUT2D eigenvalue weighted by Crippen LogP contribution is -2.46. The molecule has 2 heterocycles. The van der Waals surface area contributed by atoms with E-state index < -0.39 is 20.0 Å². The van der Waals surface area contributed by atoms with Crippen LogP contribution in [0.1, 0.15) is 18.4 Å². The molecular weight excluding hydrogens is 516 g/mol. The van der Waals surface area contributed by atoms with Crippen LogP contribution in [0.2, 0.25) is 0 Å². The van der Waals surface area contributed by atoms with Gasteiger partial charge in [-0.3, -0.25) is 4.79 Å². The van der Waals surface area contributed by atoms with Crippen LogP contribution < -0.4 is 10.1 Å². The van der Waals surface area contributed by atoms with Gasteiger partial charge in [-0.25, -0.2) is 16.8 Å². The topological polar surface area (TPSA) is 116 Å². The van der Waals surface area contributed by atoms with Crippen molar-refractivity contribution in [1.29, 1.82) is 0 Å². The number of aryl methyl sites for hydroxylation is 1. The first-order valence-electron chi connectivity index (χ1n) is 12.3. The number of carbonyl (C=O) groups is 1. The van der Waals surface area contributed by atoms with E-state index in [1.54, 1.807) is 30.3 Å². The number of likely N-dealkylation sites (N-methyl/N-ethyl adjacent to an activating group) is 1. The Morgan fingerprint density at radius 3 is 2.05 bits per heavy atom. The third-order valence-electron chi connectivity index (χ3n) is 6.98. The number of nitrogens with one attached hydrogen (secondary N) is 1. The Balaban J connectivity index is 1.36. The summed E-state index contributed by atoms with van der Waals surface area (Å²) in [6.45, 7) is 4.53. The summed E-state index contributed by atoms with van der Waals surface area (Å²) in [6.07, 6.45) is 0.768. The van der Waals surface area contributed by atoms with Crippen LogP contribution in [0.3, 0.4) is 0 Å². The third kappa shape index (κ3) is 5.99. The lowest BCUT2D eigenvalue weighted by Gasteiger charge is -2.31. The zero-order chi connectivity index (χ0) is 26.8. The predicted molar refractivity (Wildman–Crippen MR) is 141 cm³/mol. The first-order valence-corrected chi connectivity index (χ1v) is 15.1. The second-order valence-electron chi connectivity index (χ2n) is 9.55. The van der Waals surface area contributed by atoms with Crippen LogP contribution >= 0.6 is 0 Å². The molecule has 0 spiro atoms. The van der Waals surface area contributed by atoms with Gasteiger partial charge < -0.3 is 15.0 Å². The quantitative estimate of drug-likeness (QED) is 0.560. The van der Waals surface area contributed by atoms with Gasteiger partial charge in [0.15, 0.2) is 0 Å². The summed E-state index contributed by atoms with van der Waals surface area (Å²) >= 11 is 0. The summed E-state index contributed by atoms with van der Waals surface area (Å²) in [5.41, 5.74) is 1.32. The Hall–Kier alpha value is -2.51. The zero-order valence-corrected chi connectivity index (χ0v) is 23.0. The molecule has 10 nitrogen and oxygen atoms in total. The Kier molecular flexibility index (Phi) is 8.24. The molecule has 1 amide bonds. The second kappa shape index (κ2) is 11.1. The van der Waals surface area contributed by atoms with E-state index in [0.29, 0.717) is 50.5 Å². The van der Waals surface area contributed by atoms with Gasteiger partial charge in [-0.15, -0.1) is 0 Å². The molecule has 2 saturated heterocycles. The van der Waals surface area contributed by atoms with Gasteiger partial charge in [0, 0.05) is 50.9 Å². The van der Waals surface area contributed by atoms with Gasteiger partial charge in [-0.05, 0) is 68.8 Å². The summed E-state index contributed by atoms with van der Waals surface area (Å²) in [7, 11) is -3.93. The summed E-state index contributed by atoms with van der Waals surface area (Å²) in [5.74, 6) is -0.261. The lowest BCUT2D eigenvalue weighted by molar-refractivity contribution is -0.120. The molecule has 2 fully saturated rings. The van der Waals surface area contributed by atoms with Gasteiger partial charge >= 0.3 is 0 Å². The highest BCUT2D eigenvalue weighted by Crippen LogP contribution is 2.31. The summed E-state index contributed by atoms with van der Waals surface area (Å²) in [6, 6.07) is 11.2. The number of hydrogen-bond acceptors (Lipinski definition) is 7. The molecule has 0 saturated carbocycles. The molecule has 4 rings (SSSR count). The first-order chi connectivity index (χ1) is 17.5. The SMILES string of the molecule is COc1ccc(C)cc1S(=O)(=O)N1CCC(C(=O)Nc2ccc(S(=O)(=O)N3CCN(C)CC3)cc2)CC1. The minimum absolute atomic E-state index is 0.129. The number of piperazine rings is 1. The molecule has 2 aliphatic heterocycles.